The van der Waals surface area contributed by atoms with Crippen molar-refractivity contribution in [3.8, 4) is 5.69 Å². The number of amides is 1. The third-order valence-electron chi connectivity index (χ3n) is 5.61. The van der Waals surface area contributed by atoms with Crippen molar-refractivity contribution in [1.29, 1.82) is 0 Å². The molecule has 0 atom stereocenters. The lowest BCUT2D eigenvalue weighted by atomic mass is 10.1. The zero-order valence-electron chi connectivity index (χ0n) is 19.5. The standard InChI is InChI=1S/C25H26F2N6O2/c1-15(2)29-14-16-19(28)8-9-20(23(16)32-12-3-4-13-32)30-25(35)21-10-11-22(34)33(31-21)24-17(26)6-5-7-18(24)27/h5-11,14-15H,3-4,12-13,28H2,1-2H3,(H,30,35). The molecule has 0 spiro atoms. The molecule has 0 unspecified atom stereocenters. The number of anilines is 3. The van der Waals surface area contributed by atoms with Gasteiger partial charge in [-0.05, 0) is 57.0 Å². The first kappa shape index (κ1) is 24.1. The van der Waals surface area contributed by atoms with Crippen molar-refractivity contribution < 1.29 is 13.6 Å². The molecule has 1 fully saturated rings. The number of rotatable bonds is 6. The van der Waals surface area contributed by atoms with Crippen LogP contribution in [0.2, 0.25) is 0 Å². The van der Waals surface area contributed by atoms with Gasteiger partial charge in [0.2, 0.25) is 0 Å². The number of aromatic nitrogens is 2. The highest BCUT2D eigenvalue weighted by Gasteiger charge is 2.23. The second-order valence-electron chi connectivity index (χ2n) is 8.52. The minimum Gasteiger partial charge on any atom is -0.398 e. The lowest BCUT2D eigenvalue weighted by Gasteiger charge is -2.25. The molecular weight excluding hydrogens is 454 g/mol. The van der Waals surface area contributed by atoms with Crippen LogP contribution in [0.4, 0.5) is 25.8 Å². The van der Waals surface area contributed by atoms with Crippen LogP contribution >= 0.6 is 0 Å². The van der Waals surface area contributed by atoms with Gasteiger partial charge < -0.3 is 16.0 Å². The SMILES string of the molecule is CC(C)N=Cc1c(N)ccc(NC(=O)c2ccc(=O)n(-c3c(F)cccc3F)n2)c1N1CCCC1. The van der Waals surface area contributed by atoms with Crippen LogP contribution in [0, 0.1) is 11.6 Å². The predicted molar refractivity (Wildman–Crippen MR) is 133 cm³/mol. The first-order chi connectivity index (χ1) is 16.8. The molecule has 1 saturated heterocycles. The van der Waals surface area contributed by atoms with E-state index in [9.17, 15) is 18.4 Å². The number of para-hydroxylation sites is 1. The van der Waals surface area contributed by atoms with Crippen molar-refractivity contribution in [2.24, 2.45) is 4.99 Å². The second-order valence-corrected chi connectivity index (χ2v) is 8.52. The molecule has 2 aromatic carbocycles. The Kier molecular flexibility index (Phi) is 6.90. The molecule has 1 aliphatic heterocycles. The number of carbonyl (C=O) groups excluding carboxylic acids is 1. The second kappa shape index (κ2) is 10.0. The van der Waals surface area contributed by atoms with E-state index in [1.54, 1.807) is 18.3 Å². The van der Waals surface area contributed by atoms with E-state index in [2.05, 4.69) is 20.3 Å². The molecule has 0 aliphatic carbocycles. The van der Waals surface area contributed by atoms with Crippen LogP contribution in [-0.4, -0.2) is 41.0 Å². The fourth-order valence-electron chi connectivity index (χ4n) is 3.94. The minimum atomic E-state index is -0.971. The highest BCUT2D eigenvalue weighted by atomic mass is 19.1. The van der Waals surface area contributed by atoms with Gasteiger partial charge in [0.1, 0.15) is 11.4 Å². The molecule has 1 aromatic heterocycles. The average molecular weight is 481 g/mol. The van der Waals surface area contributed by atoms with E-state index in [0.29, 0.717) is 21.6 Å². The molecule has 182 valence electrons. The maximum Gasteiger partial charge on any atom is 0.276 e. The minimum absolute atomic E-state index is 0.0584. The van der Waals surface area contributed by atoms with Gasteiger partial charge >= 0.3 is 0 Å². The Morgan fingerprint density at radius 2 is 1.77 bits per heavy atom. The van der Waals surface area contributed by atoms with Gasteiger partial charge in [-0.25, -0.2) is 8.78 Å². The largest absolute Gasteiger partial charge is 0.398 e. The van der Waals surface area contributed by atoms with Crippen LogP contribution < -0.4 is 21.5 Å². The summed E-state index contributed by atoms with van der Waals surface area (Å²) in [5.74, 6) is -2.59. The van der Waals surface area contributed by atoms with Crippen molar-refractivity contribution in [1.82, 2.24) is 9.78 Å². The quantitative estimate of drug-likeness (QED) is 0.413. The molecule has 4 rings (SSSR count). The molecule has 0 radical (unpaired) electrons. The molecule has 10 heteroatoms. The summed E-state index contributed by atoms with van der Waals surface area (Å²) in [6, 6.07) is 8.88. The first-order valence-electron chi connectivity index (χ1n) is 11.3. The topological polar surface area (TPSA) is 106 Å². The zero-order valence-corrected chi connectivity index (χ0v) is 19.5. The summed E-state index contributed by atoms with van der Waals surface area (Å²) < 4.78 is 29.1. The van der Waals surface area contributed by atoms with Crippen LogP contribution in [0.5, 0.6) is 0 Å². The smallest absolute Gasteiger partial charge is 0.276 e. The normalized spacial score (nSPS) is 13.7. The van der Waals surface area contributed by atoms with Gasteiger partial charge in [-0.15, -0.1) is 0 Å². The average Bonchev–Trinajstić information content (AvgIpc) is 3.34. The Morgan fingerprint density at radius 3 is 2.43 bits per heavy atom. The summed E-state index contributed by atoms with van der Waals surface area (Å²) in [5, 5.41) is 6.76. The molecule has 0 bridgehead atoms. The molecule has 3 N–H and O–H groups in total. The van der Waals surface area contributed by atoms with Gasteiger partial charge in [0.05, 0.1) is 11.4 Å². The van der Waals surface area contributed by atoms with Crippen LogP contribution in [0.25, 0.3) is 5.69 Å². The molecular formula is C25H26F2N6O2. The summed E-state index contributed by atoms with van der Waals surface area (Å²) >= 11 is 0. The number of benzene rings is 2. The van der Waals surface area contributed by atoms with E-state index in [1.807, 2.05) is 13.8 Å². The van der Waals surface area contributed by atoms with E-state index in [-0.39, 0.29) is 11.7 Å². The molecule has 3 aromatic rings. The van der Waals surface area contributed by atoms with Crippen LogP contribution in [0.15, 0.2) is 52.3 Å². The number of nitrogen functional groups attached to an aromatic ring is 1. The third-order valence-corrected chi connectivity index (χ3v) is 5.61. The summed E-state index contributed by atoms with van der Waals surface area (Å²) in [5.41, 5.74) is 7.11. The maximum absolute atomic E-state index is 14.3. The van der Waals surface area contributed by atoms with E-state index in [4.69, 9.17) is 5.73 Å². The fraction of sp³-hybridized carbons (Fsp3) is 0.280. The van der Waals surface area contributed by atoms with E-state index >= 15 is 0 Å². The number of aliphatic imine (C=N–C) groups is 1. The van der Waals surface area contributed by atoms with Gasteiger partial charge in [0.25, 0.3) is 11.5 Å². The number of carbonyl (C=O) groups is 1. The lowest BCUT2D eigenvalue weighted by molar-refractivity contribution is 0.102. The number of nitrogens with zero attached hydrogens (tertiary/aromatic N) is 4. The first-order valence-corrected chi connectivity index (χ1v) is 11.3. The van der Waals surface area contributed by atoms with Gasteiger partial charge in [-0.2, -0.15) is 9.78 Å². The van der Waals surface area contributed by atoms with Gasteiger partial charge in [0, 0.05) is 42.7 Å². The summed E-state index contributed by atoms with van der Waals surface area (Å²) in [4.78, 5) is 32.1. The Morgan fingerprint density at radius 1 is 1.09 bits per heavy atom. The highest BCUT2D eigenvalue weighted by Crippen LogP contribution is 2.35. The van der Waals surface area contributed by atoms with Crippen LogP contribution in [-0.2, 0) is 0 Å². The van der Waals surface area contributed by atoms with Gasteiger partial charge in [-0.3, -0.25) is 14.6 Å². The Hall–Kier alpha value is -4.08. The molecule has 0 saturated carbocycles. The Bertz CT molecular complexity index is 1330. The molecule has 1 aliphatic rings. The van der Waals surface area contributed by atoms with Crippen LogP contribution in [0.3, 0.4) is 0 Å². The summed E-state index contributed by atoms with van der Waals surface area (Å²) in [6.45, 7) is 5.49. The third kappa shape index (κ3) is 5.06. The number of halogens is 2. The zero-order chi connectivity index (χ0) is 25.1. The molecule has 2 heterocycles. The van der Waals surface area contributed by atoms with Crippen molar-refractivity contribution in [3.05, 3.63) is 75.7 Å². The van der Waals surface area contributed by atoms with E-state index in [1.165, 1.54) is 12.1 Å². The lowest BCUT2D eigenvalue weighted by Crippen LogP contribution is -2.27. The van der Waals surface area contributed by atoms with Crippen LogP contribution in [0.1, 0.15) is 42.7 Å². The van der Waals surface area contributed by atoms with Gasteiger partial charge in [0.15, 0.2) is 11.6 Å². The number of nitrogens with one attached hydrogen (secondary N) is 1. The number of hydrogen-bond donors (Lipinski definition) is 2. The van der Waals surface area contributed by atoms with Crippen molar-refractivity contribution in [3.63, 3.8) is 0 Å². The summed E-state index contributed by atoms with van der Waals surface area (Å²) in [6.07, 6.45) is 3.72. The summed E-state index contributed by atoms with van der Waals surface area (Å²) in [7, 11) is 0. The predicted octanol–water partition coefficient (Wildman–Crippen LogP) is 3.77. The molecule has 35 heavy (non-hydrogen) atoms. The van der Waals surface area contributed by atoms with E-state index < -0.39 is 28.8 Å². The number of hydrogen-bond acceptors (Lipinski definition) is 6. The van der Waals surface area contributed by atoms with Crippen molar-refractivity contribution >= 4 is 29.2 Å². The maximum atomic E-state index is 14.3. The molecule has 1 amide bonds. The molecule has 8 nitrogen and oxygen atoms in total. The monoisotopic (exact) mass is 480 g/mol. The fourth-order valence-corrected chi connectivity index (χ4v) is 3.94. The Labute approximate surface area is 201 Å². The highest BCUT2D eigenvalue weighted by molar-refractivity contribution is 6.08. The number of nitrogens with two attached hydrogens (primary N) is 1. The van der Waals surface area contributed by atoms with Crippen molar-refractivity contribution in [2.75, 3.05) is 29.0 Å². The van der Waals surface area contributed by atoms with Crippen molar-refractivity contribution in [2.45, 2.75) is 32.7 Å². The van der Waals surface area contributed by atoms with E-state index in [0.717, 1.165) is 49.8 Å². The Balaban J connectivity index is 1.74. The van der Waals surface area contributed by atoms with Gasteiger partial charge in [-0.1, -0.05) is 6.07 Å².